The van der Waals surface area contributed by atoms with Gasteiger partial charge in [0.25, 0.3) is 0 Å². The molecule has 7 nitrogen and oxygen atoms in total. The van der Waals surface area contributed by atoms with Gasteiger partial charge in [-0.1, -0.05) is 19.0 Å². The van der Waals surface area contributed by atoms with E-state index in [0.717, 1.165) is 0 Å². The van der Waals surface area contributed by atoms with Gasteiger partial charge in [-0.3, -0.25) is 4.98 Å². The molecule has 19 heavy (non-hydrogen) atoms. The first-order valence-corrected chi connectivity index (χ1v) is 5.70. The second-order valence-corrected chi connectivity index (χ2v) is 4.17. The maximum atomic E-state index is 11.0. The van der Waals surface area contributed by atoms with Gasteiger partial charge in [-0.05, 0) is 6.07 Å². The van der Waals surface area contributed by atoms with E-state index in [2.05, 4.69) is 15.1 Å². The lowest BCUT2D eigenvalue weighted by atomic mass is 10.2. The number of aromatic nitrogens is 3. The molecule has 0 fully saturated rings. The van der Waals surface area contributed by atoms with Crippen LogP contribution < -0.4 is 4.74 Å². The van der Waals surface area contributed by atoms with Crippen LogP contribution in [0.2, 0.25) is 0 Å². The summed E-state index contributed by atoms with van der Waals surface area (Å²) >= 11 is 0. The Morgan fingerprint density at radius 3 is 2.95 bits per heavy atom. The highest BCUT2D eigenvalue weighted by atomic mass is 16.5. The summed E-state index contributed by atoms with van der Waals surface area (Å²) in [6, 6.07) is 1.37. The highest BCUT2D eigenvalue weighted by Gasteiger charge is 2.13. The Bertz CT molecular complexity index is 580. The summed E-state index contributed by atoms with van der Waals surface area (Å²) in [6.45, 7) is 3.89. The fourth-order valence-corrected chi connectivity index (χ4v) is 1.37. The molecule has 2 aromatic heterocycles. The molecule has 0 unspecified atom stereocenters. The third-order valence-electron chi connectivity index (χ3n) is 2.35. The van der Waals surface area contributed by atoms with E-state index in [-0.39, 0.29) is 23.8 Å². The van der Waals surface area contributed by atoms with Crippen molar-refractivity contribution in [3.8, 4) is 5.75 Å². The number of carboxylic acid groups (broad SMARTS) is 1. The highest BCUT2D eigenvalue weighted by molar-refractivity contribution is 5.90. The quantitative estimate of drug-likeness (QED) is 0.878. The van der Waals surface area contributed by atoms with Crippen molar-refractivity contribution in [2.75, 3.05) is 0 Å². The molecule has 0 aliphatic heterocycles. The van der Waals surface area contributed by atoms with Gasteiger partial charge in [-0.25, -0.2) is 4.79 Å². The van der Waals surface area contributed by atoms with E-state index in [4.69, 9.17) is 14.4 Å². The first-order chi connectivity index (χ1) is 9.08. The molecular weight excluding hydrogens is 250 g/mol. The van der Waals surface area contributed by atoms with E-state index < -0.39 is 5.97 Å². The van der Waals surface area contributed by atoms with Crippen molar-refractivity contribution >= 4 is 5.97 Å². The van der Waals surface area contributed by atoms with Gasteiger partial charge in [0.2, 0.25) is 11.7 Å². The van der Waals surface area contributed by atoms with Crippen LogP contribution in [0.3, 0.4) is 0 Å². The SMILES string of the molecule is CC(C)c1nc(COc2cnccc2C(=O)O)no1. The van der Waals surface area contributed by atoms with Crippen molar-refractivity contribution in [3.63, 3.8) is 0 Å². The monoisotopic (exact) mass is 263 g/mol. The minimum atomic E-state index is -1.08. The first-order valence-electron chi connectivity index (χ1n) is 5.70. The van der Waals surface area contributed by atoms with Crippen LogP contribution in [0.15, 0.2) is 23.0 Å². The third-order valence-corrected chi connectivity index (χ3v) is 2.35. The molecule has 7 heteroatoms. The summed E-state index contributed by atoms with van der Waals surface area (Å²) in [6.07, 6.45) is 2.73. The molecule has 0 aromatic carbocycles. The average Bonchev–Trinajstić information content (AvgIpc) is 2.85. The maximum absolute atomic E-state index is 11.0. The molecular formula is C12H13N3O4. The molecule has 2 heterocycles. The molecule has 100 valence electrons. The van der Waals surface area contributed by atoms with Crippen molar-refractivity contribution in [3.05, 3.63) is 35.7 Å². The van der Waals surface area contributed by atoms with Crippen molar-refractivity contribution in [1.29, 1.82) is 0 Å². The zero-order valence-electron chi connectivity index (χ0n) is 10.5. The molecule has 0 spiro atoms. The molecule has 0 saturated carbocycles. The first kappa shape index (κ1) is 13.0. The van der Waals surface area contributed by atoms with E-state index in [0.29, 0.717) is 11.7 Å². The number of rotatable bonds is 5. The van der Waals surface area contributed by atoms with Crippen LogP contribution in [0.5, 0.6) is 5.75 Å². The largest absolute Gasteiger partial charge is 0.483 e. The van der Waals surface area contributed by atoms with Gasteiger partial charge in [0.1, 0.15) is 5.56 Å². The van der Waals surface area contributed by atoms with Gasteiger partial charge in [0, 0.05) is 12.1 Å². The molecule has 2 rings (SSSR count). The Morgan fingerprint density at radius 2 is 2.32 bits per heavy atom. The fourth-order valence-electron chi connectivity index (χ4n) is 1.37. The number of aromatic carboxylic acids is 1. The van der Waals surface area contributed by atoms with Crippen LogP contribution in [-0.2, 0) is 6.61 Å². The van der Waals surface area contributed by atoms with Gasteiger partial charge in [-0.2, -0.15) is 4.98 Å². The van der Waals surface area contributed by atoms with Crippen molar-refractivity contribution < 1.29 is 19.2 Å². The van der Waals surface area contributed by atoms with Crippen LogP contribution in [0.1, 0.15) is 41.8 Å². The molecule has 0 aliphatic rings. The predicted octanol–water partition coefficient (Wildman–Crippen LogP) is 1.87. The smallest absolute Gasteiger partial charge is 0.339 e. The summed E-state index contributed by atoms with van der Waals surface area (Å²) in [5, 5.41) is 12.7. The van der Waals surface area contributed by atoms with Gasteiger partial charge in [-0.15, -0.1) is 0 Å². The Kier molecular flexibility index (Phi) is 3.74. The zero-order valence-corrected chi connectivity index (χ0v) is 10.5. The minimum Gasteiger partial charge on any atom is -0.483 e. The maximum Gasteiger partial charge on any atom is 0.339 e. The fraction of sp³-hybridized carbons (Fsp3) is 0.333. The molecule has 0 amide bonds. The van der Waals surface area contributed by atoms with Crippen LogP contribution in [0.4, 0.5) is 0 Å². The minimum absolute atomic E-state index is 0.0300. The average molecular weight is 263 g/mol. The number of carbonyl (C=O) groups is 1. The van der Waals surface area contributed by atoms with E-state index >= 15 is 0 Å². The molecule has 2 aromatic rings. The lowest BCUT2D eigenvalue weighted by Crippen LogP contribution is -2.04. The van der Waals surface area contributed by atoms with E-state index in [1.807, 2.05) is 13.8 Å². The topological polar surface area (TPSA) is 98.3 Å². The standard InChI is InChI=1S/C12H13N3O4/c1-7(2)11-14-10(15-19-11)6-18-9-5-13-4-3-8(9)12(16)17/h3-5,7H,6H2,1-2H3,(H,16,17). The van der Waals surface area contributed by atoms with Crippen LogP contribution >= 0.6 is 0 Å². The second kappa shape index (κ2) is 5.47. The summed E-state index contributed by atoms with van der Waals surface area (Å²) in [5.41, 5.74) is 0.0441. The normalized spacial score (nSPS) is 10.7. The molecule has 0 radical (unpaired) electrons. The van der Waals surface area contributed by atoms with Gasteiger partial charge in [0.15, 0.2) is 12.4 Å². The van der Waals surface area contributed by atoms with Crippen molar-refractivity contribution in [1.82, 2.24) is 15.1 Å². The lowest BCUT2D eigenvalue weighted by molar-refractivity contribution is 0.0691. The summed E-state index contributed by atoms with van der Waals surface area (Å²) in [5.74, 6) is 0.112. The molecule has 0 atom stereocenters. The van der Waals surface area contributed by atoms with E-state index in [9.17, 15) is 4.79 Å². The molecule has 0 saturated heterocycles. The lowest BCUT2D eigenvalue weighted by Gasteiger charge is -2.05. The molecule has 0 bridgehead atoms. The summed E-state index contributed by atoms with van der Waals surface area (Å²) in [7, 11) is 0. The number of hydrogen-bond acceptors (Lipinski definition) is 6. The molecule has 0 aliphatic carbocycles. The third kappa shape index (κ3) is 3.06. The van der Waals surface area contributed by atoms with E-state index in [1.54, 1.807) is 0 Å². The Hall–Kier alpha value is -2.44. The van der Waals surface area contributed by atoms with Crippen LogP contribution in [0.25, 0.3) is 0 Å². The number of hydrogen-bond donors (Lipinski definition) is 1. The predicted molar refractivity (Wildman–Crippen MR) is 63.9 cm³/mol. The number of carboxylic acids is 1. The second-order valence-electron chi connectivity index (χ2n) is 4.17. The van der Waals surface area contributed by atoms with Gasteiger partial charge >= 0.3 is 5.97 Å². The van der Waals surface area contributed by atoms with Crippen LogP contribution in [-0.4, -0.2) is 26.2 Å². The summed E-state index contributed by atoms with van der Waals surface area (Å²) in [4.78, 5) is 18.9. The summed E-state index contributed by atoms with van der Waals surface area (Å²) < 4.78 is 10.4. The number of pyridine rings is 1. The Morgan fingerprint density at radius 1 is 1.53 bits per heavy atom. The van der Waals surface area contributed by atoms with E-state index in [1.165, 1.54) is 18.5 Å². The van der Waals surface area contributed by atoms with Crippen LogP contribution in [0, 0.1) is 0 Å². The van der Waals surface area contributed by atoms with Gasteiger partial charge < -0.3 is 14.4 Å². The molecule has 1 N–H and O–H groups in total. The Balaban J connectivity index is 2.08. The Labute approximate surface area is 109 Å². The highest BCUT2D eigenvalue weighted by Crippen LogP contribution is 2.18. The van der Waals surface area contributed by atoms with Crippen molar-refractivity contribution in [2.24, 2.45) is 0 Å². The van der Waals surface area contributed by atoms with Crippen molar-refractivity contribution in [2.45, 2.75) is 26.4 Å². The number of nitrogens with zero attached hydrogens (tertiary/aromatic N) is 3. The number of ether oxygens (including phenoxy) is 1. The zero-order chi connectivity index (χ0) is 13.8. The van der Waals surface area contributed by atoms with Gasteiger partial charge in [0.05, 0.1) is 6.20 Å².